The largest absolute Gasteiger partial charge is 0.323 e. The standard InChI is InChI=1S/C15H15N3/c1-11(16)15-9-17-10-18(15)14-8-4-6-12-5-2-3-7-13(12)14/h2-11H,16H2,1H3. The summed E-state index contributed by atoms with van der Waals surface area (Å²) in [5.41, 5.74) is 8.12. The van der Waals surface area contributed by atoms with Crippen molar-refractivity contribution in [2.45, 2.75) is 13.0 Å². The Morgan fingerprint density at radius 3 is 2.72 bits per heavy atom. The van der Waals surface area contributed by atoms with Gasteiger partial charge in [-0.05, 0) is 18.4 Å². The molecule has 3 aromatic rings. The molecule has 0 bridgehead atoms. The van der Waals surface area contributed by atoms with Gasteiger partial charge in [0.15, 0.2) is 0 Å². The maximum Gasteiger partial charge on any atom is 0.0994 e. The Balaban J connectivity index is 2.28. The Kier molecular flexibility index (Phi) is 2.61. The minimum atomic E-state index is -0.0357. The number of aromatic nitrogens is 2. The highest BCUT2D eigenvalue weighted by atomic mass is 15.1. The molecule has 1 aromatic heterocycles. The third-order valence-corrected chi connectivity index (χ3v) is 3.16. The summed E-state index contributed by atoms with van der Waals surface area (Å²) >= 11 is 0. The Morgan fingerprint density at radius 2 is 1.89 bits per heavy atom. The van der Waals surface area contributed by atoms with Crippen LogP contribution in [0.4, 0.5) is 0 Å². The fourth-order valence-electron chi connectivity index (χ4n) is 2.26. The van der Waals surface area contributed by atoms with Crippen molar-refractivity contribution in [3.05, 3.63) is 60.7 Å². The van der Waals surface area contributed by atoms with Crippen LogP contribution >= 0.6 is 0 Å². The maximum absolute atomic E-state index is 5.98. The molecule has 3 nitrogen and oxygen atoms in total. The Bertz CT molecular complexity index is 678. The quantitative estimate of drug-likeness (QED) is 0.744. The lowest BCUT2D eigenvalue weighted by atomic mass is 10.1. The molecule has 0 saturated carbocycles. The molecule has 1 unspecified atom stereocenters. The average molecular weight is 237 g/mol. The van der Waals surface area contributed by atoms with Crippen molar-refractivity contribution in [3.63, 3.8) is 0 Å². The molecule has 18 heavy (non-hydrogen) atoms. The second-order valence-corrected chi connectivity index (χ2v) is 4.48. The SMILES string of the molecule is CC(N)c1cncn1-c1cccc2ccccc12. The molecule has 0 radical (unpaired) electrons. The van der Waals surface area contributed by atoms with Crippen LogP contribution in [0.3, 0.4) is 0 Å². The molecule has 0 aliphatic heterocycles. The summed E-state index contributed by atoms with van der Waals surface area (Å²) in [6.07, 6.45) is 3.65. The van der Waals surface area contributed by atoms with E-state index in [1.807, 2.05) is 31.6 Å². The third kappa shape index (κ3) is 1.69. The second kappa shape index (κ2) is 4.27. The number of nitrogens with two attached hydrogens (primary N) is 1. The fraction of sp³-hybridized carbons (Fsp3) is 0.133. The van der Waals surface area contributed by atoms with Crippen LogP contribution in [0.1, 0.15) is 18.7 Å². The maximum atomic E-state index is 5.98. The molecule has 0 fully saturated rings. The van der Waals surface area contributed by atoms with Crippen LogP contribution in [0.5, 0.6) is 0 Å². The van der Waals surface area contributed by atoms with Crippen LogP contribution in [0.2, 0.25) is 0 Å². The van der Waals surface area contributed by atoms with Crippen LogP contribution in [0.25, 0.3) is 16.5 Å². The number of nitrogens with zero attached hydrogens (tertiary/aromatic N) is 2. The first-order chi connectivity index (χ1) is 8.77. The Morgan fingerprint density at radius 1 is 1.11 bits per heavy atom. The van der Waals surface area contributed by atoms with E-state index in [2.05, 4.69) is 39.9 Å². The summed E-state index contributed by atoms with van der Waals surface area (Å²) < 4.78 is 2.06. The van der Waals surface area contributed by atoms with Crippen LogP contribution in [0.15, 0.2) is 55.0 Å². The van der Waals surface area contributed by atoms with Gasteiger partial charge in [-0.25, -0.2) is 4.98 Å². The first-order valence-electron chi connectivity index (χ1n) is 6.03. The predicted molar refractivity (Wildman–Crippen MR) is 73.7 cm³/mol. The first kappa shape index (κ1) is 11.0. The summed E-state index contributed by atoms with van der Waals surface area (Å²) in [5.74, 6) is 0. The van der Waals surface area contributed by atoms with E-state index >= 15 is 0 Å². The van der Waals surface area contributed by atoms with Gasteiger partial charge >= 0.3 is 0 Å². The zero-order valence-electron chi connectivity index (χ0n) is 10.2. The van der Waals surface area contributed by atoms with Crippen LogP contribution < -0.4 is 5.73 Å². The summed E-state index contributed by atoms with van der Waals surface area (Å²) in [7, 11) is 0. The van der Waals surface area contributed by atoms with Gasteiger partial charge in [0.1, 0.15) is 0 Å². The molecule has 3 heteroatoms. The van der Waals surface area contributed by atoms with E-state index in [0.717, 1.165) is 11.4 Å². The van der Waals surface area contributed by atoms with Gasteiger partial charge in [0, 0.05) is 11.4 Å². The highest BCUT2D eigenvalue weighted by Crippen LogP contribution is 2.24. The van der Waals surface area contributed by atoms with Crippen molar-refractivity contribution in [3.8, 4) is 5.69 Å². The summed E-state index contributed by atoms with van der Waals surface area (Å²) in [6, 6.07) is 14.6. The van der Waals surface area contributed by atoms with Crippen molar-refractivity contribution in [2.75, 3.05) is 0 Å². The van der Waals surface area contributed by atoms with Crippen molar-refractivity contribution in [1.82, 2.24) is 9.55 Å². The Labute approximate surface area is 106 Å². The van der Waals surface area contributed by atoms with Gasteiger partial charge < -0.3 is 10.3 Å². The monoisotopic (exact) mass is 237 g/mol. The fourth-order valence-corrected chi connectivity index (χ4v) is 2.26. The zero-order valence-corrected chi connectivity index (χ0v) is 10.2. The highest BCUT2D eigenvalue weighted by molar-refractivity contribution is 5.90. The summed E-state index contributed by atoms with van der Waals surface area (Å²) in [5, 5.41) is 2.43. The predicted octanol–water partition coefficient (Wildman–Crippen LogP) is 3.05. The molecular weight excluding hydrogens is 222 g/mol. The van der Waals surface area contributed by atoms with Crippen molar-refractivity contribution < 1.29 is 0 Å². The molecule has 1 atom stereocenters. The summed E-state index contributed by atoms with van der Waals surface area (Å²) in [4.78, 5) is 4.21. The average Bonchev–Trinajstić information content (AvgIpc) is 2.87. The molecule has 0 aliphatic carbocycles. The molecule has 90 valence electrons. The van der Waals surface area contributed by atoms with Crippen molar-refractivity contribution >= 4 is 10.8 Å². The van der Waals surface area contributed by atoms with Gasteiger partial charge in [0.25, 0.3) is 0 Å². The number of fused-ring (bicyclic) bond motifs is 1. The van der Waals surface area contributed by atoms with Gasteiger partial charge in [-0.15, -0.1) is 0 Å². The van der Waals surface area contributed by atoms with Crippen LogP contribution in [-0.2, 0) is 0 Å². The lowest BCUT2D eigenvalue weighted by Crippen LogP contribution is -2.10. The molecular formula is C15H15N3. The molecule has 1 heterocycles. The summed E-state index contributed by atoms with van der Waals surface area (Å²) in [6.45, 7) is 1.97. The molecule has 0 saturated heterocycles. The van der Waals surface area contributed by atoms with E-state index in [0.29, 0.717) is 0 Å². The van der Waals surface area contributed by atoms with Gasteiger partial charge in [-0.3, -0.25) is 0 Å². The van der Waals surface area contributed by atoms with Gasteiger partial charge in [0.05, 0.1) is 23.9 Å². The number of benzene rings is 2. The van der Waals surface area contributed by atoms with E-state index in [9.17, 15) is 0 Å². The molecule has 3 rings (SSSR count). The second-order valence-electron chi connectivity index (χ2n) is 4.48. The van der Waals surface area contributed by atoms with Gasteiger partial charge in [-0.1, -0.05) is 36.4 Å². The number of hydrogen-bond acceptors (Lipinski definition) is 2. The number of rotatable bonds is 2. The molecule has 0 spiro atoms. The van der Waals surface area contributed by atoms with E-state index in [4.69, 9.17) is 5.73 Å². The first-order valence-corrected chi connectivity index (χ1v) is 6.03. The molecule has 2 N–H and O–H groups in total. The molecule has 0 aliphatic rings. The van der Waals surface area contributed by atoms with E-state index < -0.39 is 0 Å². The third-order valence-electron chi connectivity index (χ3n) is 3.16. The van der Waals surface area contributed by atoms with E-state index in [-0.39, 0.29) is 6.04 Å². The van der Waals surface area contributed by atoms with Crippen molar-refractivity contribution in [1.29, 1.82) is 0 Å². The highest BCUT2D eigenvalue weighted by Gasteiger charge is 2.10. The molecule has 0 amide bonds. The Hall–Kier alpha value is -2.13. The topological polar surface area (TPSA) is 43.8 Å². The number of imidazole rings is 1. The van der Waals surface area contributed by atoms with Crippen molar-refractivity contribution in [2.24, 2.45) is 5.73 Å². The van der Waals surface area contributed by atoms with Gasteiger partial charge in [0.2, 0.25) is 0 Å². The lowest BCUT2D eigenvalue weighted by Gasteiger charge is -2.13. The normalized spacial score (nSPS) is 12.8. The number of hydrogen-bond donors (Lipinski definition) is 1. The lowest BCUT2D eigenvalue weighted by molar-refractivity contribution is 0.754. The van der Waals surface area contributed by atoms with Crippen LogP contribution in [0, 0.1) is 0 Å². The van der Waals surface area contributed by atoms with Crippen LogP contribution in [-0.4, -0.2) is 9.55 Å². The zero-order chi connectivity index (χ0) is 12.5. The van der Waals surface area contributed by atoms with E-state index in [1.54, 1.807) is 0 Å². The van der Waals surface area contributed by atoms with E-state index in [1.165, 1.54) is 10.8 Å². The minimum absolute atomic E-state index is 0.0357. The minimum Gasteiger partial charge on any atom is -0.323 e. The molecule has 2 aromatic carbocycles. The van der Waals surface area contributed by atoms with Gasteiger partial charge in [-0.2, -0.15) is 0 Å². The smallest absolute Gasteiger partial charge is 0.0994 e.